The lowest BCUT2D eigenvalue weighted by Gasteiger charge is -2.36. The lowest BCUT2D eigenvalue weighted by molar-refractivity contribution is -0.137. The second-order valence-electron chi connectivity index (χ2n) is 22.1. The molecule has 0 bridgehead atoms. The number of hydrogen-bond acceptors (Lipinski definition) is 14. The molecule has 3 aliphatic heterocycles. The Kier molecular flexibility index (Phi) is 15.4. The molecule has 6 heterocycles. The van der Waals surface area contributed by atoms with Gasteiger partial charge in [-0.25, -0.2) is 14.8 Å². The quantitative estimate of drug-likeness (QED) is 0.0599. The number of hydrogen-bond donors (Lipinski definition) is 2. The normalized spacial score (nSPS) is 19.3. The summed E-state index contributed by atoms with van der Waals surface area (Å²) in [5.41, 5.74) is 3.33. The van der Waals surface area contributed by atoms with Gasteiger partial charge in [0.2, 0.25) is 11.8 Å². The summed E-state index contributed by atoms with van der Waals surface area (Å²) >= 11 is 1.38. The highest BCUT2D eigenvalue weighted by Gasteiger charge is 2.38. The van der Waals surface area contributed by atoms with E-state index < -0.39 is 29.2 Å². The predicted molar refractivity (Wildman–Crippen MR) is 300 cm³/mol. The molecule has 2 saturated heterocycles. The minimum atomic E-state index is -4.81. The Morgan fingerprint density at radius 1 is 0.812 bits per heavy atom. The maximum atomic E-state index is 15.2. The molecule has 4 aromatic carbocycles. The molecule has 16 nitrogen and oxygen atoms in total. The zero-order valence-corrected chi connectivity index (χ0v) is 46.1. The average molecular weight is 1110 g/mol. The molecule has 3 fully saturated rings. The topological polar surface area (TPSA) is 173 Å². The molecule has 1 saturated carbocycles. The number of para-hydroxylation sites is 1. The van der Waals surface area contributed by atoms with E-state index in [4.69, 9.17) is 24.3 Å². The lowest BCUT2D eigenvalue weighted by Crippen LogP contribution is -2.46. The molecule has 80 heavy (non-hydrogen) atoms. The van der Waals surface area contributed by atoms with Crippen molar-refractivity contribution in [3.05, 3.63) is 125 Å². The van der Waals surface area contributed by atoms with E-state index in [0.29, 0.717) is 67.5 Å². The summed E-state index contributed by atoms with van der Waals surface area (Å²) in [5.74, 6) is -1.72. The molecule has 1 atom stereocenters. The van der Waals surface area contributed by atoms with Crippen LogP contribution in [0.4, 0.5) is 29.8 Å². The van der Waals surface area contributed by atoms with Crippen LogP contribution in [0.15, 0.2) is 91.0 Å². The lowest BCUT2D eigenvalue weighted by atomic mass is 9.93. The van der Waals surface area contributed by atoms with Crippen LogP contribution in [0, 0.1) is 0 Å². The van der Waals surface area contributed by atoms with Gasteiger partial charge in [0.1, 0.15) is 17.2 Å². The predicted octanol–water partition coefficient (Wildman–Crippen LogP) is 10.5. The molecule has 1 aliphatic carbocycles. The first kappa shape index (κ1) is 54.5. The van der Waals surface area contributed by atoms with Gasteiger partial charge in [-0.1, -0.05) is 41.7 Å². The molecule has 20 heteroatoms. The number of nitrogens with zero attached hydrogens (tertiary/aromatic N) is 7. The number of aromatic nitrogens is 4. The number of imide groups is 1. The third-order valence-corrected chi connectivity index (χ3v) is 16.4. The number of halogens is 3. The van der Waals surface area contributed by atoms with Gasteiger partial charge in [0.25, 0.3) is 5.91 Å². The Balaban J connectivity index is 0.690. The molecule has 7 aromatic rings. The van der Waals surface area contributed by atoms with Crippen molar-refractivity contribution in [2.45, 2.75) is 109 Å². The van der Waals surface area contributed by atoms with Crippen LogP contribution < -0.4 is 25.2 Å². The van der Waals surface area contributed by atoms with E-state index >= 15 is 13.2 Å². The molecule has 11 rings (SSSR count). The summed E-state index contributed by atoms with van der Waals surface area (Å²) in [4.78, 5) is 68.1. The van der Waals surface area contributed by atoms with Gasteiger partial charge in [-0.2, -0.15) is 18.3 Å². The fourth-order valence-corrected chi connectivity index (χ4v) is 12.3. The largest absolute Gasteiger partial charge is 0.490 e. The van der Waals surface area contributed by atoms with Gasteiger partial charge in [-0.3, -0.25) is 34.6 Å². The number of benzene rings is 4. The van der Waals surface area contributed by atoms with E-state index in [1.807, 2.05) is 59.1 Å². The molecule has 3 aromatic heterocycles. The minimum Gasteiger partial charge on any atom is -0.490 e. The van der Waals surface area contributed by atoms with Crippen LogP contribution in [-0.2, 0) is 45.3 Å². The highest BCUT2D eigenvalue weighted by molar-refractivity contribution is 7.22. The molecule has 0 radical (unpaired) electrons. The average Bonchev–Trinajstić information content (AvgIpc) is 4.00. The van der Waals surface area contributed by atoms with Crippen LogP contribution in [0.1, 0.15) is 115 Å². The van der Waals surface area contributed by atoms with Gasteiger partial charge in [0.15, 0.2) is 10.8 Å². The van der Waals surface area contributed by atoms with Crippen molar-refractivity contribution < 1.29 is 46.6 Å². The van der Waals surface area contributed by atoms with E-state index in [1.165, 1.54) is 29.5 Å². The summed E-state index contributed by atoms with van der Waals surface area (Å²) in [5, 5.41) is 11.5. The molecule has 0 spiro atoms. The Morgan fingerprint density at radius 2 is 1.59 bits per heavy atom. The Morgan fingerprint density at radius 3 is 2.35 bits per heavy atom. The van der Waals surface area contributed by atoms with E-state index in [2.05, 4.69) is 37.6 Å². The fourth-order valence-electron chi connectivity index (χ4n) is 11.4. The second-order valence-corrected chi connectivity index (χ2v) is 23.1. The van der Waals surface area contributed by atoms with Crippen molar-refractivity contribution in [3.63, 3.8) is 0 Å². The zero-order chi connectivity index (χ0) is 55.9. The first-order valence-corrected chi connectivity index (χ1v) is 28.3. The SMILES string of the molecule is Cn1nc(C2CCC(=O)NC2=O)c2ccc(N3CCN(CCCOC4CCC(Oc5ccc(-c6ccc(N7CCc8cccc(C(=O)Nc9nc%10ccccc%10s9)c8C7)nc6C(=O)OC(C)(C)C)c(C(F)(F)F)c5)CC4)CC3)cc21. The number of amides is 3. The molecular weight excluding hydrogens is 1050 g/mol. The third kappa shape index (κ3) is 12.0. The number of piperidine rings is 1. The first-order chi connectivity index (χ1) is 38.4. The number of esters is 1. The van der Waals surface area contributed by atoms with Crippen LogP contribution in [0.2, 0.25) is 0 Å². The Labute approximate surface area is 465 Å². The fraction of sp³-hybridized carbons (Fsp3) is 0.417. The van der Waals surface area contributed by atoms with Crippen LogP contribution in [-0.4, -0.2) is 112 Å². The summed E-state index contributed by atoms with van der Waals surface area (Å²) in [6, 6.07) is 26.4. The van der Waals surface area contributed by atoms with Crippen molar-refractivity contribution >= 4 is 72.8 Å². The number of nitrogens with one attached hydrogen (secondary N) is 2. The molecule has 1 unspecified atom stereocenters. The summed E-state index contributed by atoms with van der Waals surface area (Å²) < 4.78 is 66.5. The number of piperazine rings is 1. The number of aryl methyl sites for hydroxylation is 1. The number of carbonyl (C=O) groups is 4. The highest BCUT2D eigenvalue weighted by atomic mass is 32.1. The van der Waals surface area contributed by atoms with Gasteiger partial charge in [-0.15, -0.1) is 0 Å². The van der Waals surface area contributed by atoms with E-state index in [1.54, 1.807) is 32.9 Å². The Hall–Kier alpha value is -7.42. The third-order valence-electron chi connectivity index (χ3n) is 15.5. The number of carbonyl (C=O) groups excluding carboxylic acids is 4. The standard InChI is InChI=1S/C60H64F3N9O7S/c1-59(2,3)79-57(76)54-42(21-23-51(65-54)72-27-25-36-9-7-10-43(46(36)35-72)55(74)67-58-64-48-11-5-6-12-50(48)80-58)41-20-18-40(34-47(41)60(61,62)63)78-39-16-14-38(15-17-39)77-32-8-26-70-28-30-71(31-29-70)37-13-19-44-49(33-37)69(4)68-53(44)45-22-24-52(73)66-56(45)75/h5-7,9-13,18-21,23,33-34,38-39,45H,8,14-17,22,24-32,35H2,1-4H3,(H,64,67,74)(H,66,73,75). The van der Waals surface area contributed by atoms with Gasteiger partial charge in [0, 0.05) is 88.1 Å². The van der Waals surface area contributed by atoms with E-state index in [-0.39, 0.29) is 59.0 Å². The van der Waals surface area contributed by atoms with Crippen molar-refractivity contribution in [1.29, 1.82) is 0 Å². The van der Waals surface area contributed by atoms with Crippen molar-refractivity contribution in [2.24, 2.45) is 7.05 Å². The number of anilines is 3. The van der Waals surface area contributed by atoms with Crippen LogP contribution in [0.5, 0.6) is 5.75 Å². The maximum absolute atomic E-state index is 15.2. The van der Waals surface area contributed by atoms with Gasteiger partial charge in [0.05, 0.1) is 45.1 Å². The second kappa shape index (κ2) is 22.6. The monoisotopic (exact) mass is 1110 g/mol. The summed E-state index contributed by atoms with van der Waals surface area (Å²) in [6.45, 7) is 10.9. The molecule has 418 valence electrons. The number of thiazole rings is 1. The number of alkyl halides is 3. The number of pyridine rings is 1. The summed E-state index contributed by atoms with van der Waals surface area (Å²) in [7, 11) is 1.88. The number of fused-ring (bicyclic) bond motifs is 3. The highest BCUT2D eigenvalue weighted by Crippen LogP contribution is 2.42. The van der Waals surface area contributed by atoms with Gasteiger partial charge >= 0.3 is 12.1 Å². The Bertz CT molecular complexity index is 3450. The van der Waals surface area contributed by atoms with E-state index in [0.717, 1.165) is 96.0 Å². The first-order valence-electron chi connectivity index (χ1n) is 27.5. The van der Waals surface area contributed by atoms with Crippen LogP contribution >= 0.6 is 11.3 Å². The van der Waals surface area contributed by atoms with Crippen molar-refractivity contribution in [2.75, 3.05) is 61.0 Å². The molecular formula is C60H64F3N9O7S. The van der Waals surface area contributed by atoms with Crippen LogP contribution in [0.25, 0.3) is 32.2 Å². The smallest absolute Gasteiger partial charge is 0.417 e. The molecule has 4 aliphatic rings. The maximum Gasteiger partial charge on any atom is 0.417 e. The van der Waals surface area contributed by atoms with Crippen molar-refractivity contribution in [1.82, 2.24) is 30.0 Å². The van der Waals surface area contributed by atoms with Crippen LogP contribution in [0.3, 0.4) is 0 Å². The summed E-state index contributed by atoms with van der Waals surface area (Å²) in [6.07, 6.45) is -0.165. The molecule has 3 amide bonds. The number of ether oxygens (including phenoxy) is 3. The van der Waals surface area contributed by atoms with Gasteiger partial charge < -0.3 is 24.0 Å². The number of rotatable bonds is 14. The zero-order valence-electron chi connectivity index (χ0n) is 45.2. The minimum absolute atomic E-state index is 0.0290. The van der Waals surface area contributed by atoms with E-state index in [9.17, 15) is 19.2 Å². The van der Waals surface area contributed by atoms with Crippen molar-refractivity contribution in [3.8, 4) is 16.9 Å². The molecule has 2 N–H and O–H groups in total. The van der Waals surface area contributed by atoms with Gasteiger partial charge in [-0.05, 0) is 143 Å².